The van der Waals surface area contributed by atoms with Gasteiger partial charge in [-0.05, 0) is 87.7 Å². The average Bonchev–Trinajstić information content (AvgIpc) is 3.08. The summed E-state index contributed by atoms with van der Waals surface area (Å²) in [6.45, 7) is 5.61. The van der Waals surface area contributed by atoms with Gasteiger partial charge in [0.1, 0.15) is 5.75 Å². The van der Waals surface area contributed by atoms with Gasteiger partial charge in [0.25, 0.3) is 0 Å². The molecule has 1 heterocycles. The number of nitrogens with zero attached hydrogens (tertiary/aromatic N) is 2. The molecule has 0 bridgehead atoms. The van der Waals surface area contributed by atoms with E-state index in [1.54, 1.807) is 33.1 Å². The van der Waals surface area contributed by atoms with Crippen molar-refractivity contribution in [3.8, 4) is 5.75 Å². The largest absolute Gasteiger partial charge is 0.497 e. The van der Waals surface area contributed by atoms with Gasteiger partial charge in [-0.2, -0.15) is 0 Å². The maximum Gasteiger partial charge on any atom is 0.243 e. The highest BCUT2D eigenvalue weighted by molar-refractivity contribution is 7.89. The maximum absolute atomic E-state index is 13.1. The average molecular weight is 503 g/mol. The Labute approximate surface area is 209 Å². The topological polar surface area (TPSA) is 91.0 Å². The SMILES string of the molecule is CNC1CCCN(c2ccc(NC(=O)CCN(C)S(=O)(=O)c3c(C)cc(OC)cc3C)cc2)CC1. The molecule has 8 nitrogen and oxygen atoms in total. The van der Waals surface area contributed by atoms with Gasteiger partial charge in [-0.25, -0.2) is 12.7 Å². The minimum atomic E-state index is -3.73. The van der Waals surface area contributed by atoms with Crippen molar-refractivity contribution in [1.82, 2.24) is 9.62 Å². The molecule has 2 aromatic carbocycles. The zero-order valence-corrected chi connectivity index (χ0v) is 22.2. The van der Waals surface area contributed by atoms with Gasteiger partial charge in [0, 0.05) is 50.5 Å². The minimum absolute atomic E-state index is 0.0588. The Morgan fingerprint density at radius 1 is 1.11 bits per heavy atom. The van der Waals surface area contributed by atoms with Crippen LogP contribution in [0.2, 0.25) is 0 Å². The standard InChI is InChI=1S/C26H38N4O4S/c1-19-17-24(34-5)18-20(2)26(19)35(32,33)29(4)15-13-25(31)28-22-8-10-23(11-9-22)30-14-6-7-21(27-3)12-16-30/h8-11,17-18,21,27H,6-7,12-16H2,1-5H3,(H,28,31). The number of hydrogen-bond acceptors (Lipinski definition) is 6. The molecular weight excluding hydrogens is 464 g/mol. The van der Waals surface area contributed by atoms with Crippen LogP contribution in [0.4, 0.5) is 11.4 Å². The van der Waals surface area contributed by atoms with E-state index in [2.05, 4.69) is 15.5 Å². The number of amides is 1. The Morgan fingerprint density at radius 2 is 1.77 bits per heavy atom. The van der Waals surface area contributed by atoms with Crippen LogP contribution < -0.4 is 20.3 Å². The number of methoxy groups -OCH3 is 1. The van der Waals surface area contributed by atoms with Crippen LogP contribution in [0.25, 0.3) is 0 Å². The number of benzene rings is 2. The molecule has 0 aromatic heterocycles. The summed E-state index contributed by atoms with van der Waals surface area (Å²) >= 11 is 0. The van der Waals surface area contributed by atoms with E-state index >= 15 is 0 Å². The van der Waals surface area contributed by atoms with Crippen molar-refractivity contribution < 1.29 is 17.9 Å². The summed E-state index contributed by atoms with van der Waals surface area (Å²) in [5.74, 6) is 0.389. The Bertz CT molecular complexity index is 1100. The first-order chi connectivity index (χ1) is 16.6. The predicted octanol–water partition coefficient (Wildman–Crippen LogP) is 3.54. The number of aryl methyl sites for hydroxylation is 2. The molecule has 1 aliphatic heterocycles. The van der Waals surface area contributed by atoms with Gasteiger partial charge in [-0.1, -0.05) is 0 Å². The second-order valence-electron chi connectivity index (χ2n) is 9.17. The van der Waals surface area contributed by atoms with Crippen LogP contribution in [0, 0.1) is 13.8 Å². The quantitative estimate of drug-likeness (QED) is 0.545. The Kier molecular flexibility index (Phi) is 9.15. The van der Waals surface area contributed by atoms with Crippen LogP contribution in [-0.4, -0.2) is 65.5 Å². The molecule has 3 rings (SSSR count). The molecule has 35 heavy (non-hydrogen) atoms. The van der Waals surface area contributed by atoms with Crippen molar-refractivity contribution in [2.24, 2.45) is 0 Å². The lowest BCUT2D eigenvalue weighted by molar-refractivity contribution is -0.116. The zero-order valence-electron chi connectivity index (χ0n) is 21.4. The van der Waals surface area contributed by atoms with Crippen molar-refractivity contribution in [2.75, 3.05) is 51.1 Å². The fourth-order valence-electron chi connectivity index (χ4n) is 4.59. The fraction of sp³-hybridized carbons (Fsp3) is 0.500. The first kappa shape index (κ1) is 27.0. The third kappa shape index (κ3) is 6.74. The Hall–Kier alpha value is -2.62. The van der Waals surface area contributed by atoms with Crippen molar-refractivity contribution in [3.63, 3.8) is 0 Å². The van der Waals surface area contributed by atoms with Gasteiger partial charge in [0.2, 0.25) is 15.9 Å². The lowest BCUT2D eigenvalue weighted by Gasteiger charge is -2.23. The number of sulfonamides is 1. The second-order valence-corrected chi connectivity index (χ2v) is 11.1. The molecule has 1 unspecified atom stereocenters. The summed E-state index contributed by atoms with van der Waals surface area (Å²) in [6.07, 6.45) is 3.50. The van der Waals surface area contributed by atoms with Gasteiger partial charge in [-0.3, -0.25) is 4.79 Å². The van der Waals surface area contributed by atoms with Crippen LogP contribution in [0.3, 0.4) is 0 Å². The number of hydrogen-bond donors (Lipinski definition) is 2. The van der Waals surface area contributed by atoms with Crippen LogP contribution in [-0.2, 0) is 14.8 Å². The monoisotopic (exact) mass is 502 g/mol. The van der Waals surface area contributed by atoms with Crippen LogP contribution in [0.1, 0.15) is 36.8 Å². The number of rotatable bonds is 9. The van der Waals surface area contributed by atoms with Crippen LogP contribution in [0.5, 0.6) is 5.75 Å². The normalized spacial score (nSPS) is 16.7. The Morgan fingerprint density at radius 3 is 2.37 bits per heavy atom. The molecule has 2 N–H and O–H groups in total. The van der Waals surface area contributed by atoms with E-state index in [0.717, 1.165) is 31.6 Å². The lowest BCUT2D eigenvalue weighted by Crippen LogP contribution is -2.31. The van der Waals surface area contributed by atoms with Gasteiger partial charge < -0.3 is 20.3 Å². The fourth-order valence-corrected chi connectivity index (χ4v) is 6.17. The van der Waals surface area contributed by atoms with E-state index < -0.39 is 10.0 Å². The maximum atomic E-state index is 13.1. The highest BCUT2D eigenvalue weighted by atomic mass is 32.2. The van der Waals surface area contributed by atoms with Gasteiger partial charge in [0.05, 0.1) is 12.0 Å². The molecule has 1 atom stereocenters. The molecule has 192 valence electrons. The number of ether oxygens (including phenoxy) is 1. The molecule has 0 aliphatic carbocycles. The van der Waals surface area contributed by atoms with Crippen molar-refractivity contribution in [2.45, 2.75) is 50.5 Å². The van der Waals surface area contributed by atoms with Crippen molar-refractivity contribution >= 4 is 27.3 Å². The number of carbonyl (C=O) groups is 1. The van der Waals surface area contributed by atoms with E-state index in [4.69, 9.17) is 4.74 Å². The summed E-state index contributed by atoms with van der Waals surface area (Å²) in [4.78, 5) is 15.2. The van der Waals surface area contributed by atoms with Gasteiger partial charge in [0.15, 0.2) is 0 Å². The molecule has 9 heteroatoms. The summed E-state index contributed by atoms with van der Waals surface area (Å²) < 4.78 is 32.7. The van der Waals surface area contributed by atoms with Crippen molar-refractivity contribution in [1.29, 1.82) is 0 Å². The van der Waals surface area contributed by atoms with Crippen molar-refractivity contribution in [3.05, 3.63) is 47.5 Å². The molecule has 1 aliphatic rings. The third-order valence-corrected chi connectivity index (χ3v) is 8.81. The molecule has 1 saturated heterocycles. The van der Waals surface area contributed by atoms with E-state index in [1.807, 2.05) is 31.3 Å². The summed E-state index contributed by atoms with van der Waals surface area (Å²) in [6, 6.07) is 11.8. The third-order valence-electron chi connectivity index (χ3n) is 6.64. The van der Waals surface area contributed by atoms with E-state index in [-0.39, 0.29) is 23.8 Å². The number of anilines is 2. The molecule has 2 aromatic rings. The predicted molar refractivity (Wildman–Crippen MR) is 141 cm³/mol. The summed E-state index contributed by atoms with van der Waals surface area (Å²) in [5, 5.41) is 6.25. The molecule has 1 amide bonds. The van der Waals surface area contributed by atoms with Gasteiger partial charge in [-0.15, -0.1) is 0 Å². The zero-order chi connectivity index (χ0) is 25.6. The first-order valence-corrected chi connectivity index (χ1v) is 13.5. The second kappa shape index (κ2) is 11.9. The minimum Gasteiger partial charge on any atom is -0.497 e. The molecular formula is C26H38N4O4S. The number of nitrogens with one attached hydrogen (secondary N) is 2. The number of carbonyl (C=O) groups excluding carboxylic acids is 1. The van der Waals surface area contributed by atoms with E-state index in [1.165, 1.54) is 17.8 Å². The molecule has 0 saturated carbocycles. The summed E-state index contributed by atoms with van der Waals surface area (Å²) in [7, 11) is 1.34. The highest BCUT2D eigenvalue weighted by Crippen LogP contribution is 2.28. The smallest absolute Gasteiger partial charge is 0.243 e. The van der Waals surface area contributed by atoms with Crippen LogP contribution in [0.15, 0.2) is 41.3 Å². The van der Waals surface area contributed by atoms with Crippen LogP contribution >= 0.6 is 0 Å². The summed E-state index contributed by atoms with van der Waals surface area (Å²) in [5.41, 5.74) is 3.08. The molecule has 0 spiro atoms. The van der Waals surface area contributed by atoms with E-state index in [9.17, 15) is 13.2 Å². The van der Waals surface area contributed by atoms with E-state index in [0.29, 0.717) is 28.6 Å². The molecule has 0 radical (unpaired) electrons. The Balaban J connectivity index is 1.56. The lowest BCUT2D eigenvalue weighted by atomic mass is 10.1. The highest BCUT2D eigenvalue weighted by Gasteiger charge is 2.26. The molecule has 1 fully saturated rings. The first-order valence-electron chi connectivity index (χ1n) is 12.1. The van der Waals surface area contributed by atoms with Gasteiger partial charge >= 0.3 is 0 Å².